The summed E-state index contributed by atoms with van der Waals surface area (Å²) in [5, 5.41) is 20.0. The first kappa shape index (κ1) is 35.1. The van der Waals surface area contributed by atoms with E-state index in [9.17, 15) is 14.7 Å². The zero-order valence-electron chi connectivity index (χ0n) is 27.1. The van der Waals surface area contributed by atoms with Gasteiger partial charge in [0, 0.05) is 43.9 Å². The first-order valence-corrected chi connectivity index (χ1v) is 15.6. The number of esters is 1. The molecular formula is C32H60N2O6. The molecule has 8 heteroatoms. The van der Waals surface area contributed by atoms with Gasteiger partial charge in [0.1, 0.15) is 12.0 Å². The zero-order chi connectivity index (χ0) is 30.4. The van der Waals surface area contributed by atoms with Gasteiger partial charge >= 0.3 is 5.97 Å². The molecule has 0 aromatic heterocycles. The van der Waals surface area contributed by atoms with Gasteiger partial charge in [-0.25, -0.2) is 0 Å². The summed E-state index contributed by atoms with van der Waals surface area (Å²) in [6, 6.07) is 0.121. The minimum Gasteiger partial charge on any atom is -0.463 e. The van der Waals surface area contributed by atoms with Crippen LogP contribution in [0.2, 0.25) is 0 Å². The van der Waals surface area contributed by atoms with Gasteiger partial charge in [-0.2, -0.15) is 0 Å². The molecule has 3 rings (SSSR count). The predicted octanol–water partition coefficient (Wildman–Crippen LogP) is 4.36. The zero-order valence-corrected chi connectivity index (χ0v) is 27.1. The topological polar surface area (TPSA) is 99.5 Å². The molecule has 0 saturated carbocycles. The molecule has 0 bridgehead atoms. The fraction of sp³-hybridized carbons (Fsp3) is 0.938. The molecule has 0 aliphatic carbocycles. The molecule has 0 unspecified atom stereocenters. The van der Waals surface area contributed by atoms with Crippen molar-refractivity contribution in [3.63, 3.8) is 0 Å². The molecule has 3 saturated heterocycles. The van der Waals surface area contributed by atoms with E-state index < -0.39 is 29.2 Å². The number of Topliss-reactive ketones (excluding diaryl/α,β-unsaturated/α-hetero) is 1. The summed E-state index contributed by atoms with van der Waals surface area (Å²) in [5.41, 5.74) is -2.15. The molecule has 7 atom stereocenters. The number of hydrogen-bond acceptors (Lipinski definition) is 8. The Bertz CT molecular complexity index is 784. The van der Waals surface area contributed by atoms with E-state index in [1.54, 1.807) is 13.8 Å². The van der Waals surface area contributed by atoms with Crippen molar-refractivity contribution in [1.29, 1.82) is 0 Å². The Kier molecular flexibility index (Phi) is 13.1. The van der Waals surface area contributed by atoms with Crippen LogP contribution in [0.4, 0.5) is 0 Å². The second kappa shape index (κ2) is 14.9. The molecule has 40 heavy (non-hydrogen) atoms. The van der Waals surface area contributed by atoms with Gasteiger partial charge in [-0.05, 0) is 84.7 Å². The summed E-state index contributed by atoms with van der Waals surface area (Å²) in [4.78, 5) is 30.7. The molecular weight excluding hydrogens is 508 g/mol. The van der Waals surface area contributed by atoms with Gasteiger partial charge in [-0.1, -0.05) is 34.6 Å². The molecule has 0 radical (unpaired) electrons. The molecule has 0 amide bonds. The standard InChI is InChI=1S/C25H46N2O4.C7H14O2/c1-17(2)9-10-27-14-20(15-27)21-16-31-23(29)24(5,6)22(28)19(4)12-25(7,30)11-18(3)13-26(21)8;1-5-3-6(2)9-7(8)4-5/h17-21,30H,9-16H2,1-8H3;5-8H,3-4H2,1-2H3/t18-,19-,21+,25-;5-,6+,7+/m10/s1. The predicted molar refractivity (Wildman–Crippen MR) is 159 cm³/mol. The normalized spacial score (nSPS) is 37.3. The van der Waals surface area contributed by atoms with Crippen molar-refractivity contribution in [1.82, 2.24) is 9.80 Å². The second-order valence-corrected chi connectivity index (χ2v) is 14.7. The Hall–Kier alpha value is -1.06. The summed E-state index contributed by atoms with van der Waals surface area (Å²) in [6.07, 6.45) is 3.78. The maximum Gasteiger partial charge on any atom is 0.319 e. The van der Waals surface area contributed by atoms with Gasteiger partial charge in [-0.3, -0.25) is 14.5 Å². The van der Waals surface area contributed by atoms with Crippen molar-refractivity contribution in [2.24, 2.45) is 35.0 Å². The van der Waals surface area contributed by atoms with E-state index >= 15 is 0 Å². The number of ketones is 1. The van der Waals surface area contributed by atoms with Crippen LogP contribution < -0.4 is 0 Å². The minimum atomic E-state index is -1.21. The number of likely N-dealkylation sites (N-methyl/N-ethyl adjacent to an activating group) is 1. The number of likely N-dealkylation sites (tertiary alicyclic amines) is 1. The average molecular weight is 569 g/mol. The van der Waals surface area contributed by atoms with Crippen molar-refractivity contribution in [2.75, 3.05) is 39.8 Å². The first-order valence-electron chi connectivity index (χ1n) is 15.6. The monoisotopic (exact) mass is 568 g/mol. The summed E-state index contributed by atoms with van der Waals surface area (Å²) < 4.78 is 10.9. The Morgan fingerprint density at radius 2 is 1.60 bits per heavy atom. The highest BCUT2D eigenvalue weighted by atomic mass is 16.6. The average Bonchev–Trinajstić information content (AvgIpc) is 2.76. The third kappa shape index (κ3) is 10.6. The Labute approximate surface area is 244 Å². The van der Waals surface area contributed by atoms with E-state index in [2.05, 4.69) is 44.5 Å². The van der Waals surface area contributed by atoms with E-state index in [1.807, 2.05) is 20.8 Å². The molecule has 0 aromatic carbocycles. The van der Waals surface area contributed by atoms with Gasteiger partial charge in [0.05, 0.1) is 11.7 Å². The van der Waals surface area contributed by atoms with Crippen molar-refractivity contribution in [3.8, 4) is 0 Å². The molecule has 3 aliphatic heterocycles. The number of hydrogen-bond donors (Lipinski definition) is 2. The van der Waals surface area contributed by atoms with Crippen LogP contribution in [0.3, 0.4) is 0 Å². The SMILES string of the molecule is CC(C)CCN1CC([C@@H]2COC(=O)C(C)(C)C(=O)[C@H](C)C[C@](C)(O)C[C@@H](C)CN2C)C1.C[C@H]1C[C@@H](C)O[C@@H](O)C1. The highest BCUT2D eigenvalue weighted by Gasteiger charge is 2.44. The summed E-state index contributed by atoms with van der Waals surface area (Å²) in [5.74, 6) is 1.02. The first-order chi connectivity index (χ1) is 18.4. The maximum atomic E-state index is 13.0. The molecule has 3 fully saturated rings. The number of rotatable bonds is 4. The third-order valence-corrected chi connectivity index (χ3v) is 8.94. The lowest BCUT2D eigenvalue weighted by Gasteiger charge is -2.47. The van der Waals surface area contributed by atoms with Crippen molar-refractivity contribution in [3.05, 3.63) is 0 Å². The summed E-state index contributed by atoms with van der Waals surface area (Å²) in [7, 11) is 2.10. The fourth-order valence-corrected chi connectivity index (χ4v) is 6.82. The van der Waals surface area contributed by atoms with Crippen molar-refractivity contribution in [2.45, 2.75) is 118 Å². The van der Waals surface area contributed by atoms with E-state index in [0.29, 0.717) is 37.2 Å². The van der Waals surface area contributed by atoms with Gasteiger partial charge in [0.2, 0.25) is 0 Å². The van der Waals surface area contributed by atoms with Crippen LogP contribution in [0.1, 0.15) is 94.4 Å². The number of nitrogens with zero attached hydrogens (tertiary/aromatic N) is 2. The molecule has 0 spiro atoms. The molecule has 3 aliphatic rings. The van der Waals surface area contributed by atoms with Crippen LogP contribution in [-0.2, 0) is 19.1 Å². The molecule has 8 nitrogen and oxygen atoms in total. The molecule has 0 aromatic rings. The molecule has 2 N–H and O–H groups in total. The largest absolute Gasteiger partial charge is 0.463 e. The Morgan fingerprint density at radius 3 is 2.15 bits per heavy atom. The van der Waals surface area contributed by atoms with E-state index in [0.717, 1.165) is 39.0 Å². The van der Waals surface area contributed by atoms with Crippen LogP contribution in [0, 0.1) is 35.0 Å². The van der Waals surface area contributed by atoms with Crippen LogP contribution in [0.5, 0.6) is 0 Å². The van der Waals surface area contributed by atoms with E-state index in [4.69, 9.17) is 14.6 Å². The fourth-order valence-electron chi connectivity index (χ4n) is 6.82. The third-order valence-electron chi connectivity index (χ3n) is 8.94. The van der Waals surface area contributed by atoms with Gasteiger partial charge < -0.3 is 24.6 Å². The van der Waals surface area contributed by atoms with Crippen LogP contribution in [0.15, 0.2) is 0 Å². The maximum absolute atomic E-state index is 13.0. The highest BCUT2D eigenvalue weighted by molar-refractivity contribution is 6.03. The lowest BCUT2D eigenvalue weighted by atomic mass is 9.76. The van der Waals surface area contributed by atoms with Gasteiger partial charge in [0.15, 0.2) is 12.1 Å². The van der Waals surface area contributed by atoms with E-state index in [1.165, 1.54) is 6.42 Å². The van der Waals surface area contributed by atoms with E-state index in [-0.39, 0.29) is 23.8 Å². The lowest BCUT2D eigenvalue weighted by Crippen LogP contribution is -2.58. The Balaban J connectivity index is 0.000000526. The number of carbonyl (C=O) groups excluding carboxylic acids is 2. The summed E-state index contributed by atoms with van der Waals surface area (Å²) >= 11 is 0. The van der Waals surface area contributed by atoms with Crippen molar-refractivity contribution < 1.29 is 29.3 Å². The van der Waals surface area contributed by atoms with Gasteiger partial charge in [0.25, 0.3) is 0 Å². The van der Waals surface area contributed by atoms with Crippen LogP contribution in [-0.4, -0.2) is 95.6 Å². The quantitative estimate of drug-likeness (QED) is 0.381. The number of aliphatic hydroxyl groups is 2. The number of ether oxygens (including phenoxy) is 2. The van der Waals surface area contributed by atoms with Gasteiger partial charge in [-0.15, -0.1) is 0 Å². The molecule has 234 valence electrons. The smallest absolute Gasteiger partial charge is 0.319 e. The minimum absolute atomic E-state index is 0.121. The summed E-state index contributed by atoms with van der Waals surface area (Å²) in [6.45, 7) is 22.0. The number of aliphatic hydroxyl groups excluding tert-OH is 1. The second-order valence-electron chi connectivity index (χ2n) is 14.7. The van der Waals surface area contributed by atoms with Crippen molar-refractivity contribution >= 4 is 11.8 Å². The highest BCUT2D eigenvalue weighted by Crippen LogP contribution is 2.33. The van der Waals surface area contributed by atoms with Crippen LogP contribution in [0.25, 0.3) is 0 Å². The van der Waals surface area contributed by atoms with Crippen LogP contribution >= 0.6 is 0 Å². The molecule has 3 heterocycles. The number of carbonyl (C=O) groups is 2. The lowest BCUT2D eigenvalue weighted by molar-refractivity contribution is -0.169. The number of cyclic esters (lactones) is 1. The Morgan fingerprint density at radius 1 is 0.975 bits per heavy atom.